The average molecular weight is 286 g/mol. The largest absolute Gasteiger partial charge is 0.497 e. The van der Waals surface area contributed by atoms with Gasteiger partial charge in [0.2, 0.25) is 0 Å². The molecule has 2 nitrogen and oxygen atoms in total. The molecule has 0 saturated carbocycles. The highest BCUT2D eigenvalue weighted by molar-refractivity contribution is 6.21. The third-order valence-corrected chi connectivity index (χ3v) is 4.15. The van der Waals surface area contributed by atoms with Crippen molar-refractivity contribution in [3.05, 3.63) is 71.8 Å². The van der Waals surface area contributed by atoms with E-state index in [1.165, 1.54) is 0 Å². The molecular formula is C20H14O2. The normalized spacial score (nSPS) is 12.7. The minimum absolute atomic E-state index is 0.0741. The summed E-state index contributed by atoms with van der Waals surface area (Å²) < 4.78 is 5.22. The number of ether oxygens (including phenoxy) is 1. The van der Waals surface area contributed by atoms with Crippen molar-refractivity contribution in [1.29, 1.82) is 0 Å². The van der Waals surface area contributed by atoms with Crippen LogP contribution in [0.3, 0.4) is 0 Å². The van der Waals surface area contributed by atoms with E-state index >= 15 is 0 Å². The van der Waals surface area contributed by atoms with Crippen LogP contribution in [-0.2, 0) is 0 Å². The Bertz CT molecular complexity index is 918. The van der Waals surface area contributed by atoms with Gasteiger partial charge in [0.15, 0.2) is 5.78 Å². The maximum Gasteiger partial charge on any atom is 0.186 e. The minimum atomic E-state index is 0.0741. The number of methoxy groups -OCH3 is 1. The van der Waals surface area contributed by atoms with Gasteiger partial charge in [0.05, 0.1) is 7.11 Å². The number of benzene rings is 3. The first-order valence-corrected chi connectivity index (χ1v) is 7.20. The van der Waals surface area contributed by atoms with Crippen molar-refractivity contribution >= 4 is 22.6 Å². The fourth-order valence-corrected chi connectivity index (χ4v) is 3.06. The number of hydrogen-bond acceptors (Lipinski definition) is 2. The minimum Gasteiger partial charge on any atom is -0.497 e. The van der Waals surface area contributed by atoms with Gasteiger partial charge in [0, 0.05) is 10.9 Å². The standard InChI is InChI=1S/C20H14O2/c1-22-15-8-5-13(6-9-15)16-10-7-14-3-2-4-18-19(21)12-11-17(16)20(14)18/h2-12H,1H3. The van der Waals surface area contributed by atoms with Crippen LogP contribution in [0.25, 0.3) is 28.0 Å². The van der Waals surface area contributed by atoms with Crippen LogP contribution in [0.15, 0.2) is 60.7 Å². The van der Waals surface area contributed by atoms with Gasteiger partial charge in [0.1, 0.15) is 5.75 Å². The molecule has 0 aromatic heterocycles. The van der Waals surface area contributed by atoms with Crippen molar-refractivity contribution in [3.8, 4) is 16.9 Å². The van der Waals surface area contributed by atoms with Gasteiger partial charge in [-0.25, -0.2) is 0 Å². The van der Waals surface area contributed by atoms with Gasteiger partial charge in [-0.2, -0.15) is 0 Å². The monoisotopic (exact) mass is 286 g/mol. The molecule has 3 aromatic rings. The second-order valence-electron chi connectivity index (χ2n) is 5.36. The molecule has 3 aromatic carbocycles. The van der Waals surface area contributed by atoms with E-state index in [0.29, 0.717) is 0 Å². The summed E-state index contributed by atoms with van der Waals surface area (Å²) in [5.41, 5.74) is 4.14. The molecule has 1 aliphatic carbocycles. The molecule has 1 aliphatic rings. The third-order valence-electron chi connectivity index (χ3n) is 4.15. The summed E-state index contributed by atoms with van der Waals surface area (Å²) in [7, 11) is 1.66. The summed E-state index contributed by atoms with van der Waals surface area (Å²) in [5, 5.41) is 2.14. The van der Waals surface area contributed by atoms with E-state index in [0.717, 1.165) is 38.8 Å². The van der Waals surface area contributed by atoms with Crippen molar-refractivity contribution in [3.63, 3.8) is 0 Å². The quantitative estimate of drug-likeness (QED) is 0.681. The summed E-state index contributed by atoms with van der Waals surface area (Å²) in [6.45, 7) is 0. The van der Waals surface area contributed by atoms with Crippen LogP contribution < -0.4 is 4.74 Å². The van der Waals surface area contributed by atoms with E-state index < -0.39 is 0 Å². The molecule has 0 bridgehead atoms. The number of allylic oxidation sites excluding steroid dienone is 1. The van der Waals surface area contributed by atoms with Gasteiger partial charge in [-0.05, 0) is 46.4 Å². The molecule has 4 rings (SSSR count). The van der Waals surface area contributed by atoms with E-state index in [-0.39, 0.29) is 5.78 Å². The molecule has 0 N–H and O–H groups in total. The lowest BCUT2D eigenvalue weighted by Crippen LogP contribution is -2.02. The smallest absolute Gasteiger partial charge is 0.186 e. The lowest BCUT2D eigenvalue weighted by Gasteiger charge is -2.16. The Morgan fingerprint density at radius 2 is 1.64 bits per heavy atom. The van der Waals surface area contributed by atoms with Crippen LogP contribution in [0, 0.1) is 0 Å². The highest BCUT2D eigenvalue weighted by Gasteiger charge is 2.17. The number of carbonyl (C=O) groups is 1. The first-order chi connectivity index (χ1) is 10.8. The lowest BCUT2D eigenvalue weighted by molar-refractivity contribution is 0.104. The predicted octanol–water partition coefficient (Wildman–Crippen LogP) is 4.72. The molecule has 0 heterocycles. The van der Waals surface area contributed by atoms with E-state index in [1.807, 2.05) is 48.5 Å². The Morgan fingerprint density at radius 3 is 2.41 bits per heavy atom. The first-order valence-electron chi connectivity index (χ1n) is 7.20. The fraction of sp³-hybridized carbons (Fsp3) is 0.0500. The van der Waals surface area contributed by atoms with Crippen LogP contribution in [0.2, 0.25) is 0 Å². The van der Waals surface area contributed by atoms with Crippen molar-refractivity contribution in [1.82, 2.24) is 0 Å². The van der Waals surface area contributed by atoms with Crippen LogP contribution in [0.1, 0.15) is 15.9 Å². The molecule has 0 atom stereocenters. The molecule has 0 aliphatic heterocycles. The number of hydrogen-bond donors (Lipinski definition) is 0. The number of carbonyl (C=O) groups excluding carboxylic acids is 1. The summed E-state index contributed by atoms with van der Waals surface area (Å²) >= 11 is 0. The highest BCUT2D eigenvalue weighted by atomic mass is 16.5. The molecule has 22 heavy (non-hydrogen) atoms. The Hall–Kier alpha value is -2.87. The van der Waals surface area contributed by atoms with Gasteiger partial charge in [-0.3, -0.25) is 4.79 Å². The van der Waals surface area contributed by atoms with Crippen LogP contribution in [0.4, 0.5) is 0 Å². The molecule has 0 radical (unpaired) electrons. The first kappa shape index (κ1) is 12.8. The summed E-state index contributed by atoms with van der Waals surface area (Å²) in [6.07, 6.45) is 3.58. The van der Waals surface area contributed by atoms with Gasteiger partial charge >= 0.3 is 0 Å². The molecule has 106 valence electrons. The van der Waals surface area contributed by atoms with E-state index in [2.05, 4.69) is 12.1 Å². The maximum atomic E-state index is 12.1. The van der Waals surface area contributed by atoms with Gasteiger partial charge in [-0.1, -0.05) is 42.5 Å². The molecule has 2 heteroatoms. The Kier molecular flexibility index (Phi) is 2.83. The van der Waals surface area contributed by atoms with E-state index in [1.54, 1.807) is 13.2 Å². The maximum absolute atomic E-state index is 12.1. The third kappa shape index (κ3) is 1.85. The molecule has 0 amide bonds. The Morgan fingerprint density at radius 1 is 0.818 bits per heavy atom. The Labute approximate surface area is 128 Å². The zero-order valence-corrected chi connectivity index (χ0v) is 12.2. The van der Waals surface area contributed by atoms with Crippen molar-refractivity contribution in [2.24, 2.45) is 0 Å². The summed E-state index contributed by atoms with van der Waals surface area (Å²) in [4.78, 5) is 12.1. The van der Waals surface area contributed by atoms with E-state index in [4.69, 9.17) is 4.74 Å². The second kappa shape index (κ2) is 4.85. The Balaban J connectivity index is 2.00. The zero-order chi connectivity index (χ0) is 15.1. The molecule has 0 fully saturated rings. The van der Waals surface area contributed by atoms with Crippen LogP contribution in [-0.4, -0.2) is 12.9 Å². The topological polar surface area (TPSA) is 26.3 Å². The average Bonchev–Trinajstić information content (AvgIpc) is 2.58. The molecular weight excluding hydrogens is 272 g/mol. The fourth-order valence-electron chi connectivity index (χ4n) is 3.06. The van der Waals surface area contributed by atoms with E-state index in [9.17, 15) is 4.79 Å². The van der Waals surface area contributed by atoms with Crippen LogP contribution in [0.5, 0.6) is 5.75 Å². The SMILES string of the molecule is COc1ccc(-c2ccc3cccc4c3c2C=CC4=O)cc1. The van der Waals surface area contributed by atoms with Gasteiger partial charge in [0.25, 0.3) is 0 Å². The van der Waals surface area contributed by atoms with Crippen LogP contribution >= 0.6 is 0 Å². The van der Waals surface area contributed by atoms with Gasteiger partial charge < -0.3 is 4.74 Å². The summed E-state index contributed by atoms with van der Waals surface area (Å²) in [6, 6.07) is 18.1. The number of rotatable bonds is 2. The van der Waals surface area contributed by atoms with Crippen molar-refractivity contribution < 1.29 is 9.53 Å². The zero-order valence-electron chi connectivity index (χ0n) is 12.2. The lowest BCUT2D eigenvalue weighted by atomic mass is 9.87. The molecule has 0 spiro atoms. The van der Waals surface area contributed by atoms with Crippen molar-refractivity contribution in [2.45, 2.75) is 0 Å². The van der Waals surface area contributed by atoms with Crippen molar-refractivity contribution in [2.75, 3.05) is 7.11 Å². The predicted molar refractivity (Wildman–Crippen MR) is 89.3 cm³/mol. The second-order valence-corrected chi connectivity index (χ2v) is 5.36. The highest BCUT2D eigenvalue weighted by Crippen LogP contribution is 2.36. The molecule has 0 saturated heterocycles. The number of ketones is 1. The summed E-state index contributed by atoms with van der Waals surface area (Å²) in [5.74, 6) is 0.912. The van der Waals surface area contributed by atoms with Gasteiger partial charge in [-0.15, -0.1) is 0 Å². The molecule has 0 unspecified atom stereocenters.